The molecule has 92 valence electrons. The summed E-state index contributed by atoms with van der Waals surface area (Å²) in [6, 6.07) is 6.43. The maximum atomic E-state index is 5.23. The van der Waals surface area contributed by atoms with Crippen molar-refractivity contribution in [2.75, 3.05) is 14.2 Å². The third kappa shape index (κ3) is 2.68. The predicted octanol–water partition coefficient (Wildman–Crippen LogP) is 1.99. The summed E-state index contributed by atoms with van der Waals surface area (Å²) in [4.78, 5) is 1.36. The third-order valence-electron chi connectivity index (χ3n) is 2.76. The molecule has 17 heavy (non-hydrogen) atoms. The molecule has 0 saturated carbocycles. The highest BCUT2D eigenvalue weighted by Gasteiger charge is 2.16. The van der Waals surface area contributed by atoms with Crippen LogP contribution in [0, 0.1) is 0 Å². The largest absolute Gasteiger partial charge is 0.481 e. The molecule has 2 aromatic heterocycles. The zero-order valence-corrected chi connectivity index (χ0v) is 11.1. The Hall–Kier alpha value is -1.33. The number of hydrogen-bond acceptors (Lipinski definition) is 4. The Bertz CT molecular complexity index is 464. The summed E-state index contributed by atoms with van der Waals surface area (Å²) in [6.07, 6.45) is 0.953. The molecule has 2 aromatic rings. The van der Waals surface area contributed by atoms with Crippen LogP contribution in [0.1, 0.15) is 16.6 Å². The van der Waals surface area contributed by atoms with E-state index in [9.17, 15) is 0 Å². The van der Waals surface area contributed by atoms with Crippen molar-refractivity contribution < 1.29 is 4.74 Å². The lowest BCUT2D eigenvalue weighted by Gasteiger charge is -2.11. The van der Waals surface area contributed by atoms with Crippen molar-refractivity contribution >= 4 is 11.3 Å². The lowest BCUT2D eigenvalue weighted by atomic mass is 10.1. The van der Waals surface area contributed by atoms with E-state index in [0.29, 0.717) is 0 Å². The second-order valence-corrected chi connectivity index (χ2v) is 4.89. The van der Waals surface area contributed by atoms with Crippen LogP contribution in [0.15, 0.2) is 23.6 Å². The van der Waals surface area contributed by atoms with Crippen molar-refractivity contribution in [2.24, 2.45) is 7.05 Å². The Morgan fingerprint density at radius 2 is 2.41 bits per heavy atom. The zero-order valence-electron chi connectivity index (χ0n) is 10.3. The number of nitrogens with one attached hydrogen (secondary N) is 1. The number of hydrogen-bond donors (Lipinski definition) is 1. The minimum atomic E-state index is 0.226. The van der Waals surface area contributed by atoms with Gasteiger partial charge in [0.1, 0.15) is 0 Å². The number of thiophene rings is 1. The monoisotopic (exact) mass is 251 g/mol. The van der Waals surface area contributed by atoms with Crippen LogP contribution in [0.3, 0.4) is 0 Å². The molecule has 1 atom stereocenters. The van der Waals surface area contributed by atoms with Gasteiger partial charge in [-0.15, -0.1) is 11.3 Å². The van der Waals surface area contributed by atoms with Crippen LogP contribution in [0.5, 0.6) is 5.88 Å². The fourth-order valence-electron chi connectivity index (χ4n) is 1.82. The first kappa shape index (κ1) is 12.1. The average Bonchev–Trinajstić information content (AvgIpc) is 2.95. The van der Waals surface area contributed by atoms with Gasteiger partial charge in [0.25, 0.3) is 0 Å². The van der Waals surface area contributed by atoms with E-state index in [0.717, 1.165) is 18.0 Å². The van der Waals surface area contributed by atoms with E-state index in [4.69, 9.17) is 4.74 Å². The summed E-state index contributed by atoms with van der Waals surface area (Å²) in [5.41, 5.74) is 1.01. The number of likely N-dealkylation sites (N-methyl/N-ethyl adjacent to an activating group) is 1. The normalized spacial score (nSPS) is 12.6. The Balaban J connectivity index is 2.17. The highest BCUT2D eigenvalue weighted by molar-refractivity contribution is 7.09. The van der Waals surface area contributed by atoms with E-state index in [1.807, 2.05) is 20.2 Å². The van der Waals surface area contributed by atoms with E-state index >= 15 is 0 Å². The summed E-state index contributed by atoms with van der Waals surface area (Å²) >= 11 is 1.77. The lowest BCUT2D eigenvalue weighted by molar-refractivity contribution is 0.373. The second-order valence-electron chi connectivity index (χ2n) is 3.86. The van der Waals surface area contributed by atoms with E-state index in [1.165, 1.54) is 4.88 Å². The topological polar surface area (TPSA) is 39.1 Å². The Morgan fingerprint density at radius 1 is 1.59 bits per heavy atom. The fraction of sp³-hybridized carbons (Fsp3) is 0.417. The van der Waals surface area contributed by atoms with Gasteiger partial charge in [0.2, 0.25) is 5.88 Å². The molecule has 0 aromatic carbocycles. The maximum Gasteiger partial charge on any atom is 0.211 e. The van der Waals surface area contributed by atoms with Crippen molar-refractivity contribution in [1.29, 1.82) is 0 Å². The number of rotatable bonds is 5. The molecule has 2 heterocycles. The molecular weight excluding hydrogens is 234 g/mol. The molecule has 0 bridgehead atoms. The molecule has 5 heteroatoms. The first-order valence-electron chi connectivity index (χ1n) is 5.52. The quantitative estimate of drug-likeness (QED) is 0.883. The second kappa shape index (κ2) is 5.33. The smallest absolute Gasteiger partial charge is 0.211 e. The predicted molar refractivity (Wildman–Crippen MR) is 69.6 cm³/mol. The third-order valence-corrected chi connectivity index (χ3v) is 3.65. The number of aryl methyl sites for hydroxylation is 1. The molecule has 1 N–H and O–H groups in total. The van der Waals surface area contributed by atoms with Crippen molar-refractivity contribution in [3.63, 3.8) is 0 Å². The van der Waals surface area contributed by atoms with E-state index in [2.05, 4.69) is 27.9 Å². The Kier molecular flexibility index (Phi) is 3.81. The molecule has 0 radical (unpaired) electrons. The average molecular weight is 251 g/mol. The molecule has 2 rings (SSSR count). The van der Waals surface area contributed by atoms with Gasteiger partial charge in [0, 0.05) is 24.4 Å². The number of nitrogens with zero attached hydrogens (tertiary/aromatic N) is 2. The summed E-state index contributed by atoms with van der Waals surface area (Å²) < 4.78 is 6.99. The highest BCUT2D eigenvalue weighted by atomic mass is 32.1. The molecular formula is C12H17N3OS. The van der Waals surface area contributed by atoms with Crippen LogP contribution in [0.25, 0.3) is 0 Å². The minimum absolute atomic E-state index is 0.226. The van der Waals surface area contributed by atoms with Gasteiger partial charge in [0.05, 0.1) is 18.8 Å². The van der Waals surface area contributed by atoms with Crippen LogP contribution in [0.4, 0.5) is 0 Å². The Morgan fingerprint density at radius 3 is 2.94 bits per heavy atom. The molecule has 0 spiro atoms. The number of aromatic nitrogens is 2. The van der Waals surface area contributed by atoms with Gasteiger partial charge in [-0.05, 0) is 18.5 Å². The van der Waals surface area contributed by atoms with Gasteiger partial charge in [-0.25, -0.2) is 4.68 Å². The van der Waals surface area contributed by atoms with Gasteiger partial charge in [-0.3, -0.25) is 0 Å². The lowest BCUT2D eigenvalue weighted by Crippen LogP contribution is -2.19. The van der Waals surface area contributed by atoms with Crippen LogP contribution in [-0.4, -0.2) is 23.9 Å². The van der Waals surface area contributed by atoms with Crippen molar-refractivity contribution in [3.05, 3.63) is 34.2 Å². The summed E-state index contributed by atoms with van der Waals surface area (Å²) in [6.45, 7) is 0. The fourth-order valence-corrected chi connectivity index (χ4v) is 2.57. The molecule has 0 fully saturated rings. The standard InChI is InChI=1S/C12H17N3OS/c1-13-10(7-9-5-4-6-17-9)11-8-12(16-3)15(2)14-11/h4-6,8,10,13H,7H2,1-3H3. The van der Waals surface area contributed by atoms with Crippen LogP contribution in [-0.2, 0) is 13.5 Å². The van der Waals surface area contributed by atoms with Crippen LogP contribution in [0.2, 0.25) is 0 Å². The Labute approximate surface area is 105 Å². The first-order valence-corrected chi connectivity index (χ1v) is 6.40. The van der Waals surface area contributed by atoms with Gasteiger partial charge >= 0.3 is 0 Å². The number of ether oxygens (including phenoxy) is 1. The summed E-state index contributed by atoms with van der Waals surface area (Å²) in [5, 5.41) is 9.86. The van der Waals surface area contributed by atoms with Crippen molar-refractivity contribution in [3.8, 4) is 5.88 Å². The van der Waals surface area contributed by atoms with E-state index < -0.39 is 0 Å². The molecule has 0 saturated heterocycles. The van der Waals surface area contributed by atoms with E-state index in [-0.39, 0.29) is 6.04 Å². The van der Waals surface area contributed by atoms with E-state index in [1.54, 1.807) is 23.1 Å². The SMILES string of the molecule is CNC(Cc1cccs1)c1cc(OC)n(C)n1. The summed E-state index contributed by atoms with van der Waals surface area (Å²) in [7, 11) is 5.51. The molecule has 0 aliphatic heterocycles. The van der Waals surface area contributed by atoms with Gasteiger partial charge in [0.15, 0.2) is 0 Å². The highest BCUT2D eigenvalue weighted by Crippen LogP contribution is 2.22. The van der Waals surface area contributed by atoms with Crippen molar-refractivity contribution in [2.45, 2.75) is 12.5 Å². The van der Waals surface area contributed by atoms with Crippen molar-refractivity contribution in [1.82, 2.24) is 15.1 Å². The molecule has 1 unspecified atom stereocenters. The molecule has 0 aliphatic rings. The minimum Gasteiger partial charge on any atom is -0.481 e. The maximum absolute atomic E-state index is 5.23. The molecule has 0 amide bonds. The number of methoxy groups -OCH3 is 1. The van der Waals surface area contributed by atoms with Gasteiger partial charge < -0.3 is 10.1 Å². The summed E-state index contributed by atoms with van der Waals surface area (Å²) in [5.74, 6) is 0.784. The first-order chi connectivity index (χ1) is 8.24. The van der Waals surface area contributed by atoms with Gasteiger partial charge in [-0.1, -0.05) is 6.07 Å². The van der Waals surface area contributed by atoms with Crippen LogP contribution < -0.4 is 10.1 Å². The molecule has 4 nitrogen and oxygen atoms in total. The van der Waals surface area contributed by atoms with Crippen LogP contribution >= 0.6 is 11.3 Å². The zero-order chi connectivity index (χ0) is 12.3. The molecule has 0 aliphatic carbocycles. The van der Waals surface area contributed by atoms with Gasteiger partial charge in [-0.2, -0.15) is 5.10 Å².